The van der Waals surface area contributed by atoms with Crippen LogP contribution in [0.5, 0.6) is 0 Å². The van der Waals surface area contributed by atoms with Crippen molar-refractivity contribution < 1.29 is 23.5 Å². The van der Waals surface area contributed by atoms with Crippen LogP contribution in [0, 0.1) is 5.92 Å². The maximum absolute atomic E-state index is 14.4. The van der Waals surface area contributed by atoms with Crippen LogP contribution in [0.25, 0.3) is 11.0 Å². The minimum atomic E-state index is -1.22. The number of carbonyl (C=O) groups excluding carboxylic acids is 2. The Morgan fingerprint density at radius 3 is 2.89 bits per heavy atom. The number of piperidine rings is 1. The zero-order chi connectivity index (χ0) is 25.3. The molecule has 0 bridgehead atoms. The topological polar surface area (TPSA) is 109 Å². The maximum atomic E-state index is 14.4. The van der Waals surface area contributed by atoms with Crippen LogP contribution in [0.15, 0.2) is 36.6 Å². The summed E-state index contributed by atoms with van der Waals surface area (Å²) in [7, 11) is 1.53. The number of H-pyrrole nitrogens is 1. The lowest BCUT2D eigenvalue weighted by Crippen LogP contribution is -2.49. The number of carbonyl (C=O) groups is 2. The van der Waals surface area contributed by atoms with Gasteiger partial charge in [0, 0.05) is 38.9 Å². The second kappa shape index (κ2) is 10.1. The number of halogens is 1. The van der Waals surface area contributed by atoms with Crippen molar-refractivity contribution in [2.24, 2.45) is 5.92 Å². The molecule has 2 N–H and O–H groups in total. The fraction of sp³-hybridized carbons (Fsp3) is 0.538. The Balaban J connectivity index is 1.41. The number of rotatable bonds is 8. The molecule has 0 aromatic carbocycles. The number of aromatic nitrogens is 3. The summed E-state index contributed by atoms with van der Waals surface area (Å²) < 4.78 is 26.4. The van der Waals surface area contributed by atoms with E-state index in [4.69, 9.17) is 9.47 Å². The molecule has 192 valence electrons. The second-order valence-electron chi connectivity index (χ2n) is 9.73. The summed E-state index contributed by atoms with van der Waals surface area (Å²) >= 11 is 0. The number of nitrogens with zero attached hydrogens (tertiary/aromatic N) is 3. The second-order valence-corrected chi connectivity index (χ2v) is 9.73. The van der Waals surface area contributed by atoms with Crippen LogP contribution < -0.4 is 5.32 Å². The van der Waals surface area contributed by atoms with Gasteiger partial charge in [0.15, 0.2) is 5.79 Å². The van der Waals surface area contributed by atoms with E-state index in [0.717, 1.165) is 25.7 Å². The maximum Gasteiger partial charge on any atom is 0.255 e. The molecule has 2 aliphatic carbocycles. The summed E-state index contributed by atoms with van der Waals surface area (Å²) in [5, 5.41) is 3.05. The summed E-state index contributed by atoms with van der Waals surface area (Å²) in [5.74, 6) is -2.03. The average molecular weight is 498 g/mol. The van der Waals surface area contributed by atoms with Gasteiger partial charge in [0.1, 0.15) is 17.7 Å². The molecule has 36 heavy (non-hydrogen) atoms. The molecule has 1 saturated heterocycles. The van der Waals surface area contributed by atoms with Crippen molar-refractivity contribution in [2.75, 3.05) is 26.8 Å². The van der Waals surface area contributed by atoms with Gasteiger partial charge < -0.3 is 24.7 Å². The molecule has 3 aliphatic rings. The molecular formula is C26H32FN5O4. The van der Waals surface area contributed by atoms with E-state index in [1.165, 1.54) is 25.6 Å². The van der Waals surface area contributed by atoms with Crippen molar-refractivity contribution in [1.29, 1.82) is 0 Å². The van der Waals surface area contributed by atoms with Crippen LogP contribution in [-0.2, 0) is 14.3 Å². The third kappa shape index (κ3) is 4.79. The molecular weight excluding hydrogens is 465 g/mol. The zero-order valence-electron chi connectivity index (χ0n) is 20.6. The summed E-state index contributed by atoms with van der Waals surface area (Å²) in [4.78, 5) is 39.1. The molecule has 10 heteroatoms. The Hall–Kier alpha value is -3.11. The fourth-order valence-corrected chi connectivity index (χ4v) is 5.00. The lowest BCUT2D eigenvalue weighted by atomic mass is 9.89. The largest absolute Gasteiger partial charge is 0.358 e. The first-order valence-corrected chi connectivity index (χ1v) is 12.6. The van der Waals surface area contributed by atoms with E-state index in [2.05, 4.69) is 20.3 Å². The molecule has 2 fully saturated rings. The third-order valence-electron chi connectivity index (χ3n) is 7.24. The first kappa shape index (κ1) is 24.6. The molecule has 1 aliphatic heterocycles. The van der Waals surface area contributed by atoms with Crippen molar-refractivity contribution in [3.8, 4) is 0 Å². The summed E-state index contributed by atoms with van der Waals surface area (Å²) in [6.07, 6.45) is 11.6. The number of nitrogens with one attached hydrogen (secondary N) is 2. The Labute approximate surface area is 209 Å². The van der Waals surface area contributed by atoms with Gasteiger partial charge in [-0.2, -0.15) is 0 Å². The van der Waals surface area contributed by atoms with E-state index >= 15 is 0 Å². The predicted octanol–water partition coefficient (Wildman–Crippen LogP) is 3.36. The van der Waals surface area contributed by atoms with E-state index in [1.807, 2.05) is 6.92 Å². The Bertz CT molecular complexity index is 1210. The third-order valence-corrected chi connectivity index (χ3v) is 7.24. The number of methoxy groups -OCH3 is 1. The Morgan fingerprint density at radius 2 is 2.14 bits per heavy atom. The van der Waals surface area contributed by atoms with Crippen LogP contribution in [0.2, 0.25) is 0 Å². The standard InChI is InChI=1S/C26H32FN5O4/c1-3-21(33)32-10-4-5-18(13-32)31-25(34)19-12-28-24-22(19)29-15-30-23(24)20-11-17(27)8-9-26(20,35-2)36-14-16-6-7-16/h8-9,11-12,15-16,18,20,28H,3-7,10,13-14H2,1-2H3,(H,31,34)/t18-,20?,26?/m0/s1. The molecule has 9 nitrogen and oxygen atoms in total. The summed E-state index contributed by atoms with van der Waals surface area (Å²) in [6.45, 7) is 3.56. The predicted molar refractivity (Wildman–Crippen MR) is 131 cm³/mol. The molecule has 3 heterocycles. The minimum absolute atomic E-state index is 0.0887. The van der Waals surface area contributed by atoms with E-state index < -0.39 is 17.5 Å². The lowest BCUT2D eigenvalue weighted by Gasteiger charge is -2.37. The van der Waals surface area contributed by atoms with Crippen molar-refractivity contribution in [3.05, 3.63) is 47.8 Å². The molecule has 0 spiro atoms. The molecule has 2 aromatic rings. The molecule has 3 atom stereocenters. The van der Waals surface area contributed by atoms with E-state index in [-0.39, 0.29) is 17.9 Å². The number of likely N-dealkylation sites (tertiary alicyclic amines) is 1. The van der Waals surface area contributed by atoms with Gasteiger partial charge in [-0.05, 0) is 49.8 Å². The molecule has 2 unspecified atom stereocenters. The lowest BCUT2D eigenvalue weighted by molar-refractivity contribution is -0.199. The summed E-state index contributed by atoms with van der Waals surface area (Å²) in [5.41, 5.74) is 1.80. The highest BCUT2D eigenvalue weighted by molar-refractivity contribution is 6.05. The number of fused-ring (bicyclic) bond motifs is 1. The van der Waals surface area contributed by atoms with Gasteiger partial charge in [0.25, 0.3) is 5.91 Å². The van der Waals surface area contributed by atoms with E-state index in [9.17, 15) is 14.0 Å². The van der Waals surface area contributed by atoms with Crippen LogP contribution in [0.3, 0.4) is 0 Å². The van der Waals surface area contributed by atoms with Crippen LogP contribution in [0.4, 0.5) is 4.39 Å². The monoisotopic (exact) mass is 497 g/mol. The van der Waals surface area contributed by atoms with Gasteiger partial charge >= 0.3 is 0 Å². The highest BCUT2D eigenvalue weighted by Crippen LogP contribution is 2.42. The van der Waals surface area contributed by atoms with Gasteiger partial charge in [0.05, 0.1) is 29.3 Å². The van der Waals surface area contributed by atoms with Gasteiger partial charge in [-0.3, -0.25) is 9.59 Å². The number of ether oxygens (including phenoxy) is 2. The minimum Gasteiger partial charge on any atom is -0.358 e. The van der Waals surface area contributed by atoms with Crippen LogP contribution in [0.1, 0.15) is 61.0 Å². The van der Waals surface area contributed by atoms with Crippen LogP contribution in [-0.4, -0.2) is 70.3 Å². The summed E-state index contributed by atoms with van der Waals surface area (Å²) in [6, 6.07) is -0.134. The SMILES string of the molecule is CCC(=O)N1CCC[C@H](NC(=O)c2c[nH]c3c(C4C=C(F)C=CC4(OC)OCC4CC4)ncnc23)C1. The number of amides is 2. The first-order chi connectivity index (χ1) is 17.4. The van der Waals surface area contributed by atoms with Gasteiger partial charge in [-0.1, -0.05) is 6.92 Å². The highest BCUT2D eigenvalue weighted by Gasteiger charge is 2.43. The van der Waals surface area contributed by atoms with Crippen molar-refractivity contribution in [3.63, 3.8) is 0 Å². The smallest absolute Gasteiger partial charge is 0.255 e. The highest BCUT2D eigenvalue weighted by atomic mass is 19.1. The average Bonchev–Trinajstić information content (AvgIpc) is 3.63. The van der Waals surface area contributed by atoms with Gasteiger partial charge in [-0.15, -0.1) is 0 Å². The molecule has 5 rings (SSSR count). The van der Waals surface area contributed by atoms with Gasteiger partial charge in [0.2, 0.25) is 5.91 Å². The van der Waals surface area contributed by atoms with Crippen molar-refractivity contribution in [2.45, 2.75) is 56.8 Å². The molecule has 2 amide bonds. The number of allylic oxidation sites excluding steroid dienone is 2. The molecule has 0 radical (unpaired) electrons. The normalized spacial score (nSPS) is 26.2. The quantitative estimate of drug-likeness (QED) is 0.542. The van der Waals surface area contributed by atoms with Crippen LogP contribution >= 0.6 is 0 Å². The molecule has 1 saturated carbocycles. The van der Waals surface area contributed by atoms with Crippen molar-refractivity contribution >= 4 is 22.8 Å². The Kier molecular flexibility index (Phi) is 6.90. The van der Waals surface area contributed by atoms with Gasteiger partial charge in [-0.25, -0.2) is 14.4 Å². The molecule has 2 aromatic heterocycles. The Morgan fingerprint density at radius 1 is 1.31 bits per heavy atom. The zero-order valence-corrected chi connectivity index (χ0v) is 20.6. The fourth-order valence-electron chi connectivity index (χ4n) is 5.00. The first-order valence-electron chi connectivity index (χ1n) is 12.6. The number of hydrogen-bond donors (Lipinski definition) is 2. The van der Waals surface area contributed by atoms with E-state index in [1.54, 1.807) is 17.2 Å². The van der Waals surface area contributed by atoms with E-state index in [0.29, 0.717) is 54.3 Å². The number of hydrogen-bond acceptors (Lipinski definition) is 6. The number of aromatic amines is 1. The van der Waals surface area contributed by atoms with Crippen molar-refractivity contribution in [1.82, 2.24) is 25.2 Å².